The molecule has 5 rings (SSSR count). The minimum Gasteiger partial charge on any atom is -0.423 e. The summed E-state index contributed by atoms with van der Waals surface area (Å²) in [5.41, 5.74) is 1.67. The largest absolute Gasteiger partial charge is 0.423 e. The molecule has 0 bridgehead atoms. The highest BCUT2D eigenvalue weighted by atomic mass is 32.1. The topological polar surface area (TPSA) is 45.4 Å². The number of thiazole rings is 1. The maximum atomic E-state index is 13.3. The zero-order valence-corrected chi connectivity index (χ0v) is 15.5. The van der Waals surface area contributed by atoms with Crippen molar-refractivity contribution >= 4 is 28.5 Å². The Labute approximate surface area is 155 Å². The molecule has 1 aromatic carbocycles. The summed E-state index contributed by atoms with van der Waals surface area (Å²) in [6, 6.07) is 5.75. The van der Waals surface area contributed by atoms with E-state index in [0.717, 1.165) is 32.5 Å². The first kappa shape index (κ1) is 16.2. The van der Waals surface area contributed by atoms with Crippen molar-refractivity contribution < 1.29 is 8.81 Å². The Kier molecular flexibility index (Phi) is 3.76. The number of piperidine rings is 1. The first-order valence-electron chi connectivity index (χ1n) is 9.03. The standard InChI is InChI=1S/C19H21FN4OS/c1-23(12-17-21-6-9-26-17)16-11-19(16)4-7-24(8-5-19)18-22-14-10-13(20)2-3-15(14)25-18/h2-3,6,9-10,16H,4-5,7-8,11-12H2,1H3/t16-/m1/s1. The molecule has 0 unspecified atom stereocenters. The predicted molar refractivity (Wildman–Crippen MR) is 99.8 cm³/mol. The van der Waals surface area contributed by atoms with Gasteiger partial charge in [-0.15, -0.1) is 11.3 Å². The van der Waals surface area contributed by atoms with Crippen molar-refractivity contribution in [1.82, 2.24) is 14.9 Å². The van der Waals surface area contributed by atoms with E-state index in [1.54, 1.807) is 17.4 Å². The highest BCUT2D eigenvalue weighted by molar-refractivity contribution is 7.09. The third-order valence-electron chi connectivity index (χ3n) is 5.91. The summed E-state index contributed by atoms with van der Waals surface area (Å²) in [5.74, 6) is -0.279. The number of hydrogen-bond acceptors (Lipinski definition) is 6. The Morgan fingerprint density at radius 2 is 2.23 bits per heavy atom. The van der Waals surface area contributed by atoms with Crippen molar-refractivity contribution in [3.63, 3.8) is 0 Å². The highest BCUT2D eigenvalue weighted by Crippen LogP contribution is 2.56. The number of aromatic nitrogens is 2. The van der Waals surface area contributed by atoms with Crippen molar-refractivity contribution in [2.75, 3.05) is 25.0 Å². The molecule has 2 aromatic heterocycles. The van der Waals surface area contributed by atoms with Crippen LogP contribution in [0.25, 0.3) is 11.1 Å². The zero-order valence-electron chi connectivity index (χ0n) is 14.7. The fraction of sp³-hybridized carbons (Fsp3) is 0.474. The van der Waals surface area contributed by atoms with Gasteiger partial charge in [0, 0.05) is 36.8 Å². The van der Waals surface area contributed by atoms with Gasteiger partial charge in [-0.05, 0) is 43.9 Å². The molecule has 7 heteroatoms. The van der Waals surface area contributed by atoms with Gasteiger partial charge in [0.2, 0.25) is 0 Å². The van der Waals surface area contributed by atoms with E-state index in [9.17, 15) is 4.39 Å². The molecular weight excluding hydrogens is 351 g/mol. The minimum absolute atomic E-state index is 0.279. The summed E-state index contributed by atoms with van der Waals surface area (Å²) >= 11 is 1.72. The van der Waals surface area contributed by atoms with Crippen LogP contribution >= 0.6 is 11.3 Å². The monoisotopic (exact) mass is 372 g/mol. The quantitative estimate of drug-likeness (QED) is 0.695. The van der Waals surface area contributed by atoms with Gasteiger partial charge < -0.3 is 9.32 Å². The van der Waals surface area contributed by atoms with Crippen molar-refractivity contribution in [2.45, 2.75) is 31.8 Å². The molecule has 136 valence electrons. The molecule has 1 saturated heterocycles. The van der Waals surface area contributed by atoms with Crippen LogP contribution in [0.3, 0.4) is 0 Å². The van der Waals surface area contributed by atoms with E-state index in [1.807, 2.05) is 11.6 Å². The average molecular weight is 372 g/mol. The molecule has 1 spiro atoms. The molecule has 5 nitrogen and oxygen atoms in total. The summed E-state index contributed by atoms with van der Waals surface area (Å²) in [5, 5.41) is 3.22. The number of anilines is 1. The molecule has 2 fully saturated rings. The Morgan fingerprint density at radius 3 is 3.00 bits per heavy atom. The summed E-state index contributed by atoms with van der Waals surface area (Å²) in [4.78, 5) is 13.5. The summed E-state index contributed by atoms with van der Waals surface area (Å²) in [6.45, 7) is 2.82. The van der Waals surface area contributed by atoms with Crippen LogP contribution in [-0.2, 0) is 6.54 Å². The number of fused-ring (bicyclic) bond motifs is 1. The maximum Gasteiger partial charge on any atom is 0.298 e. The van der Waals surface area contributed by atoms with Gasteiger partial charge in [0.05, 0.1) is 6.54 Å². The molecule has 3 heterocycles. The molecular formula is C19H21FN4OS. The van der Waals surface area contributed by atoms with Gasteiger partial charge in [0.15, 0.2) is 5.58 Å². The van der Waals surface area contributed by atoms with Crippen LogP contribution in [-0.4, -0.2) is 41.0 Å². The van der Waals surface area contributed by atoms with Crippen LogP contribution in [0.15, 0.2) is 34.2 Å². The third kappa shape index (κ3) is 2.79. The van der Waals surface area contributed by atoms with Gasteiger partial charge in [0.25, 0.3) is 6.01 Å². The number of hydrogen-bond donors (Lipinski definition) is 0. The fourth-order valence-corrected chi connectivity index (χ4v) is 4.99. The number of benzene rings is 1. The lowest BCUT2D eigenvalue weighted by atomic mass is 9.92. The molecule has 0 amide bonds. The Morgan fingerprint density at radius 1 is 1.38 bits per heavy atom. The molecule has 1 saturated carbocycles. The van der Waals surface area contributed by atoms with Crippen LogP contribution in [0.4, 0.5) is 10.4 Å². The van der Waals surface area contributed by atoms with E-state index in [4.69, 9.17) is 4.42 Å². The molecule has 0 radical (unpaired) electrons. The Hall–Kier alpha value is -1.99. The second-order valence-electron chi connectivity index (χ2n) is 7.52. The minimum atomic E-state index is -0.279. The average Bonchev–Trinajstić information content (AvgIpc) is 3.00. The Balaban J connectivity index is 1.23. The van der Waals surface area contributed by atoms with Crippen LogP contribution in [0.2, 0.25) is 0 Å². The second-order valence-corrected chi connectivity index (χ2v) is 8.50. The smallest absolute Gasteiger partial charge is 0.298 e. The second kappa shape index (κ2) is 6.03. The molecule has 3 aromatic rings. The van der Waals surface area contributed by atoms with Gasteiger partial charge in [0.1, 0.15) is 16.3 Å². The van der Waals surface area contributed by atoms with Gasteiger partial charge >= 0.3 is 0 Å². The summed E-state index contributed by atoms with van der Waals surface area (Å²) in [7, 11) is 2.21. The van der Waals surface area contributed by atoms with Crippen LogP contribution in [0.5, 0.6) is 0 Å². The summed E-state index contributed by atoms with van der Waals surface area (Å²) in [6.07, 6.45) is 5.43. The first-order chi connectivity index (χ1) is 12.6. The predicted octanol–water partition coefficient (Wildman–Crippen LogP) is 3.91. The molecule has 26 heavy (non-hydrogen) atoms. The van der Waals surface area contributed by atoms with E-state index in [0.29, 0.717) is 28.6 Å². The van der Waals surface area contributed by atoms with Gasteiger partial charge in [-0.2, -0.15) is 4.98 Å². The normalized spacial score (nSPS) is 21.8. The zero-order chi connectivity index (χ0) is 17.7. The number of nitrogens with zero attached hydrogens (tertiary/aromatic N) is 4. The number of halogens is 1. The van der Waals surface area contributed by atoms with Crippen molar-refractivity contribution in [2.24, 2.45) is 5.41 Å². The molecule has 1 aliphatic carbocycles. The van der Waals surface area contributed by atoms with Gasteiger partial charge in [-0.1, -0.05) is 0 Å². The van der Waals surface area contributed by atoms with Crippen molar-refractivity contribution in [3.05, 3.63) is 40.6 Å². The Bertz CT molecular complexity index is 917. The maximum absolute atomic E-state index is 13.3. The molecule has 0 N–H and O–H groups in total. The molecule has 1 aliphatic heterocycles. The fourth-order valence-electron chi connectivity index (χ4n) is 4.31. The van der Waals surface area contributed by atoms with Crippen LogP contribution in [0.1, 0.15) is 24.3 Å². The number of oxazole rings is 1. The number of rotatable bonds is 4. The van der Waals surface area contributed by atoms with E-state index < -0.39 is 0 Å². The lowest BCUT2D eigenvalue weighted by Crippen LogP contribution is -2.38. The lowest BCUT2D eigenvalue weighted by Gasteiger charge is -2.33. The lowest BCUT2D eigenvalue weighted by molar-refractivity contribution is 0.237. The van der Waals surface area contributed by atoms with E-state index in [2.05, 4.69) is 26.8 Å². The van der Waals surface area contributed by atoms with Crippen LogP contribution in [0, 0.1) is 11.2 Å². The van der Waals surface area contributed by atoms with Gasteiger partial charge in [-0.3, -0.25) is 4.90 Å². The first-order valence-corrected chi connectivity index (χ1v) is 9.91. The third-order valence-corrected chi connectivity index (χ3v) is 6.68. The SMILES string of the molecule is CN(Cc1nccs1)[C@@H]1CC12CCN(c1nc3cc(F)ccc3o1)CC2. The van der Waals surface area contributed by atoms with Gasteiger partial charge in [-0.25, -0.2) is 9.37 Å². The van der Waals surface area contributed by atoms with Crippen molar-refractivity contribution in [3.8, 4) is 0 Å². The molecule has 1 atom stereocenters. The van der Waals surface area contributed by atoms with E-state index in [1.165, 1.54) is 23.6 Å². The molecule has 2 aliphatic rings. The van der Waals surface area contributed by atoms with E-state index >= 15 is 0 Å². The van der Waals surface area contributed by atoms with E-state index in [-0.39, 0.29) is 5.82 Å². The van der Waals surface area contributed by atoms with Crippen LogP contribution < -0.4 is 4.90 Å². The summed E-state index contributed by atoms with van der Waals surface area (Å²) < 4.78 is 19.2. The highest BCUT2D eigenvalue weighted by Gasteiger charge is 2.56. The van der Waals surface area contributed by atoms with Crippen molar-refractivity contribution in [1.29, 1.82) is 0 Å².